The molecule has 3 aromatic carbocycles. The molecule has 0 aliphatic carbocycles. The molecule has 156 valence electrons. The molecule has 0 N–H and O–H groups in total. The van der Waals surface area contributed by atoms with Crippen LogP contribution in [0.1, 0.15) is 16.7 Å². The van der Waals surface area contributed by atoms with E-state index in [1.165, 1.54) is 24.3 Å². The van der Waals surface area contributed by atoms with Crippen LogP contribution in [0.4, 0.5) is 5.69 Å². The lowest BCUT2D eigenvalue weighted by Crippen LogP contribution is -2.09. The van der Waals surface area contributed by atoms with Crippen molar-refractivity contribution in [3.05, 3.63) is 99.6 Å². The second-order valence-electron chi connectivity index (χ2n) is 6.67. The summed E-state index contributed by atoms with van der Waals surface area (Å²) in [6.45, 7) is 1.94. The van der Waals surface area contributed by atoms with Crippen molar-refractivity contribution >= 4 is 15.8 Å². The van der Waals surface area contributed by atoms with Crippen molar-refractivity contribution in [1.29, 1.82) is 0 Å². The number of hydrogen-bond acceptors (Lipinski definition) is 6. The van der Waals surface area contributed by atoms with Gasteiger partial charge in [0, 0.05) is 6.07 Å². The third-order valence-electron chi connectivity index (χ3n) is 4.40. The molecule has 0 aromatic heterocycles. The summed E-state index contributed by atoms with van der Waals surface area (Å²) in [5.74, 6) is 0.154. The molecule has 0 spiro atoms. The molecular formula is C22H21NO6S. The Bertz CT molecular complexity index is 1110. The van der Waals surface area contributed by atoms with Gasteiger partial charge in [-0.25, -0.2) is 0 Å². The van der Waals surface area contributed by atoms with Crippen LogP contribution in [-0.2, 0) is 27.3 Å². The molecule has 0 fully saturated rings. The number of rotatable bonds is 9. The highest BCUT2D eigenvalue weighted by atomic mass is 32.2. The fourth-order valence-electron chi connectivity index (χ4n) is 2.76. The fourth-order valence-corrected chi connectivity index (χ4v) is 3.67. The van der Waals surface area contributed by atoms with Crippen LogP contribution in [-0.4, -0.2) is 19.9 Å². The lowest BCUT2D eigenvalue weighted by molar-refractivity contribution is -0.386. The lowest BCUT2D eigenvalue weighted by atomic mass is 10.1. The average molecular weight is 427 g/mol. The highest BCUT2D eigenvalue weighted by Crippen LogP contribution is 2.29. The second-order valence-corrected chi connectivity index (χ2v) is 8.29. The zero-order valence-electron chi connectivity index (χ0n) is 16.4. The molecule has 3 rings (SSSR count). The molecule has 3 aromatic rings. The van der Waals surface area contributed by atoms with E-state index in [1.807, 2.05) is 37.3 Å². The maximum absolute atomic E-state index is 12.2. The molecule has 0 saturated heterocycles. The molecule has 8 heteroatoms. The van der Waals surface area contributed by atoms with E-state index >= 15 is 0 Å². The minimum atomic E-state index is -3.88. The van der Waals surface area contributed by atoms with Gasteiger partial charge in [-0.3, -0.25) is 14.3 Å². The van der Waals surface area contributed by atoms with E-state index in [0.717, 1.165) is 11.1 Å². The van der Waals surface area contributed by atoms with Gasteiger partial charge in [-0.1, -0.05) is 54.1 Å². The summed E-state index contributed by atoms with van der Waals surface area (Å²) in [5, 5.41) is 11.4. The van der Waals surface area contributed by atoms with E-state index in [9.17, 15) is 18.5 Å². The fraction of sp³-hybridized carbons (Fsp3) is 0.182. The summed E-state index contributed by atoms with van der Waals surface area (Å²) >= 11 is 0. The van der Waals surface area contributed by atoms with E-state index in [0.29, 0.717) is 5.56 Å². The number of ether oxygens (including phenoxy) is 1. The summed E-state index contributed by atoms with van der Waals surface area (Å²) in [7, 11) is -3.88. The molecule has 0 unspecified atom stereocenters. The first-order valence-electron chi connectivity index (χ1n) is 9.25. The Hall–Kier alpha value is -3.23. The van der Waals surface area contributed by atoms with Gasteiger partial charge in [0.2, 0.25) is 0 Å². The van der Waals surface area contributed by atoms with Gasteiger partial charge in [0.25, 0.3) is 10.1 Å². The van der Waals surface area contributed by atoms with Crippen LogP contribution in [0.3, 0.4) is 0 Å². The van der Waals surface area contributed by atoms with Crippen molar-refractivity contribution in [1.82, 2.24) is 0 Å². The Morgan fingerprint density at radius 3 is 2.30 bits per heavy atom. The first-order valence-corrected chi connectivity index (χ1v) is 10.7. The van der Waals surface area contributed by atoms with Crippen LogP contribution >= 0.6 is 0 Å². The van der Waals surface area contributed by atoms with E-state index in [1.54, 1.807) is 18.2 Å². The van der Waals surface area contributed by atoms with Crippen LogP contribution in [0.5, 0.6) is 5.75 Å². The summed E-state index contributed by atoms with van der Waals surface area (Å²) in [5.41, 5.74) is 2.24. The number of aryl methyl sites for hydroxylation is 1. The minimum absolute atomic E-state index is 0.0729. The van der Waals surface area contributed by atoms with Crippen molar-refractivity contribution in [2.75, 3.05) is 6.61 Å². The molecule has 0 radical (unpaired) electrons. The van der Waals surface area contributed by atoms with Crippen molar-refractivity contribution in [3.63, 3.8) is 0 Å². The predicted octanol–water partition coefficient (Wildman–Crippen LogP) is 4.43. The Kier molecular flexibility index (Phi) is 6.81. The van der Waals surface area contributed by atoms with Crippen LogP contribution in [0.25, 0.3) is 0 Å². The second kappa shape index (κ2) is 9.51. The monoisotopic (exact) mass is 427 g/mol. The maximum atomic E-state index is 12.2. The summed E-state index contributed by atoms with van der Waals surface area (Å²) in [6.07, 6.45) is 0.199. The number of hydrogen-bond donors (Lipinski definition) is 0. The van der Waals surface area contributed by atoms with Gasteiger partial charge in [0.1, 0.15) is 6.61 Å². The maximum Gasteiger partial charge on any atom is 0.311 e. The van der Waals surface area contributed by atoms with Gasteiger partial charge in [-0.15, -0.1) is 0 Å². The van der Waals surface area contributed by atoms with Crippen molar-refractivity contribution < 1.29 is 22.3 Å². The van der Waals surface area contributed by atoms with Crippen LogP contribution < -0.4 is 4.74 Å². The largest absolute Gasteiger partial charge is 0.482 e. The Labute approximate surface area is 175 Å². The molecular weight excluding hydrogens is 406 g/mol. The minimum Gasteiger partial charge on any atom is -0.482 e. The van der Waals surface area contributed by atoms with E-state index in [2.05, 4.69) is 0 Å². The highest BCUT2D eigenvalue weighted by Gasteiger charge is 2.18. The Morgan fingerprint density at radius 1 is 0.933 bits per heavy atom. The van der Waals surface area contributed by atoms with Crippen LogP contribution in [0.15, 0.2) is 77.7 Å². The third-order valence-corrected chi connectivity index (χ3v) is 5.72. The molecule has 0 saturated carbocycles. The predicted molar refractivity (Wildman–Crippen MR) is 112 cm³/mol. The smallest absolute Gasteiger partial charge is 0.311 e. The molecule has 30 heavy (non-hydrogen) atoms. The van der Waals surface area contributed by atoms with E-state index in [-0.39, 0.29) is 36.0 Å². The first kappa shape index (κ1) is 21.5. The molecule has 0 atom stereocenters. The van der Waals surface area contributed by atoms with Gasteiger partial charge in [0.05, 0.1) is 16.4 Å². The van der Waals surface area contributed by atoms with Crippen molar-refractivity contribution in [2.45, 2.75) is 24.8 Å². The molecule has 0 aliphatic heterocycles. The molecule has 0 heterocycles. The number of nitrogens with zero attached hydrogens (tertiary/aromatic N) is 1. The Morgan fingerprint density at radius 2 is 1.63 bits per heavy atom. The Balaban J connectivity index is 1.64. The van der Waals surface area contributed by atoms with E-state index in [4.69, 9.17) is 8.92 Å². The quantitative estimate of drug-likeness (QED) is 0.285. The third kappa shape index (κ3) is 5.65. The SMILES string of the molecule is Cc1ccc(S(=O)(=O)OCCc2ccc(OCc3ccccc3)c([N+](=O)[O-])c2)cc1. The standard InChI is InChI=1S/C22H21NO6S/c1-17-7-10-20(11-8-17)30(26,27)29-14-13-18-9-12-22(21(15-18)23(24)25)28-16-19-5-3-2-4-6-19/h2-12,15H,13-14,16H2,1H3. The van der Waals surface area contributed by atoms with Crippen molar-refractivity contribution in [3.8, 4) is 5.75 Å². The van der Waals surface area contributed by atoms with Gasteiger partial charge in [0.15, 0.2) is 5.75 Å². The molecule has 0 bridgehead atoms. The summed E-state index contributed by atoms with van der Waals surface area (Å²) in [4.78, 5) is 11.0. The first-order chi connectivity index (χ1) is 14.3. The molecule has 0 aliphatic rings. The molecule has 7 nitrogen and oxygen atoms in total. The van der Waals surface area contributed by atoms with Gasteiger partial charge in [-0.05, 0) is 42.7 Å². The topological polar surface area (TPSA) is 95.7 Å². The van der Waals surface area contributed by atoms with Gasteiger partial charge < -0.3 is 4.74 Å². The van der Waals surface area contributed by atoms with Gasteiger partial charge >= 0.3 is 5.69 Å². The zero-order valence-corrected chi connectivity index (χ0v) is 17.2. The number of nitro groups is 1. The average Bonchev–Trinajstić information content (AvgIpc) is 2.73. The van der Waals surface area contributed by atoms with Crippen LogP contribution in [0, 0.1) is 17.0 Å². The summed E-state index contributed by atoms with van der Waals surface area (Å²) < 4.78 is 35.1. The number of nitro benzene ring substituents is 1. The summed E-state index contributed by atoms with van der Waals surface area (Å²) in [6, 6.07) is 20.2. The van der Waals surface area contributed by atoms with E-state index < -0.39 is 15.0 Å². The van der Waals surface area contributed by atoms with Gasteiger partial charge in [-0.2, -0.15) is 8.42 Å². The lowest BCUT2D eigenvalue weighted by Gasteiger charge is -2.09. The number of benzene rings is 3. The van der Waals surface area contributed by atoms with Crippen LogP contribution in [0.2, 0.25) is 0 Å². The molecule has 0 amide bonds. The normalized spacial score (nSPS) is 11.2. The van der Waals surface area contributed by atoms with Crippen molar-refractivity contribution in [2.24, 2.45) is 0 Å². The zero-order chi connectivity index (χ0) is 21.6. The highest BCUT2D eigenvalue weighted by molar-refractivity contribution is 7.86.